The van der Waals surface area contributed by atoms with Crippen LogP contribution in [0.1, 0.15) is 0 Å². The molecule has 0 aromatic heterocycles. The Bertz CT molecular complexity index is 148. The van der Waals surface area contributed by atoms with Gasteiger partial charge < -0.3 is 4.84 Å². The van der Waals surface area contributed by atoms with E-state index in [0.717, 1.165) is 6.21 Å². The van der Waals surface area contributed by atoms with Gasteiger partial charge in [-0.15, -0.1) is 0 Å². The first-order valence-corrected chi connectivity index (χ1v) is 1.59. The lowest BCUT2D eigenvalue weighted by atomic mass is 10.5. The minimum Gasteiger partial charge on any atom is -0.309 e. The van der Waals surface area contributed by atoms with Crippen molar-refractivity contribution in [3.05, 3.63) is 0 Å². The average Bonchev–Trinajstić information content (AvgIpc) is 1.91. The molecule has 1 heterocycles. The Kier molecular flexibility index (Phi) is 0.651. The molecule has 0 fully saturated rings. The fourth-order valence-electron chi connectivity index (χ4n) is 0.220. The third-order valence-electron chi connectivity index (χ3n) is 0.507. The number of oxime groups is 1. The van der Waals surface area contributed by atoms with Crippen LogP contribution in [0.5, 0.6) is 0 Å². The molecule has 0 N–H and O–H groups in total. The number of carbonyl (C=O) groups is 2. The zero-order valence-corrected chi connectivity index (χ0v) is 3.25. The van der Waals surface area contributed by atoms with E-state index < -0.39 is 11.8 Å². The molecule has 1 aliphatic heterocycles. The van der Waals surface area contributed by atoms with Crippen molar-refractivity contribution in [1.29, 1.82) is 0 Å². The number of hydrogen-bond donors (Lipinski definition) is 0. The number of ketones is 1. The largest absolute Gasteiger partial charge is 0.407 e. The molecule has 7 heavy (non-hydrogen) atoms. The first-order valence-electron chi connectivity index (χ1n) is 1.59. The summed E-state index contributed by atoms with van der Waals surface area (Å²) in [5.74, 6) is -1.60. The first-order chi connectivity index (χ1) is 3.30. The van der Waals surface area contributed by atoms with Gasteiger partial charge in [-0.3, -0.25) is 4.79 Å². The van der Waals surface area contributed by atoms with Crippen LogP contribution in [0.15, 0.2) is 5.16 Å². The van der Waals surface area contributed by atoms with Gasteiger partial charge in [0.25, 0.3) is 5.78 Å². The summed E-state index contributed by atoms with van der Waals surface area (Å²) in [4.78, 5) is 23.7. The van der Waals surface area contributed by atoms with E-state index in [1.165, 1.54) is 0 Å². The Balaban J connectivity index is 2.81. The molecule has 0 aromatic carbocycles. The molecule has 4 nitrogen and oxygen atoms in total. The summed E-state index contributed by atoms with van der Waals surface area (Å²) in [6, 6.07) is 0. The second-order valence-corrected chi connectivity index (χ2v) is 0.978. The van der Waals surface area contributed by atoms with Gasteiger partial charge in [0.05, 0.1) is 0 Å². The van der Waals surface area contributed by atoms with E-state index >= 15 is 0 Å². The van der Waals surface area contributed by atoms with Gasteiger partial charge in [0, 0.05) is 0 Å². The summed E-state index contributed by atoms with van der Waals surface area (Å²) in [5.41, 5.74) is 0. The summed E-state index contributed by atoms with van der Waals surface area (Å²) in [6.07, 6.45) is 0.836. The van der Waals surface area contributed by atoms with Crippen LogP contribution in [0.2, 0.25) is 0 Å². The highest BCUT2D eigenvalue weighted by molar-refractivity contribution is 6.58. The molecule has 0 radical (unpaired) electrons. The Morgan fingerprint density at radius 3 is 2.43 bits per heavy atom. The molecule has 0 bridgehead atoms. The van der Waals surface area contributed by atoms with Crippen molar-refractivity contribution in [3.8, 4) is 0 Å². The molecule has 0 amide bonds. The van der Waals surface area contributed by atoms with E-state index in [4.69, 9.17) is 0 Å². The van der Waals surface area contributed by atoms with Gasteiger partial charge >= 0.3 is 5.97 Å². The van der Waals surface area contributed by atoms with Crippen molar-refractivity contribution < 1.29 is 14.4 Å². The van der Waals surface area contributed by atoms with E-state index in [1.807, 2.05) is 0 Å². The maximum absolute atomic E-state index is 9.95. The number of hydrogen-bond acceptors (Lipinski definition) is 4. The van der Waals surface area contributed by atoms with Gasteiger partial charge in [-0.25, -0.2) is 4.79 Å². The Morgan fingerprint density at radius 1 is 1.57 bits per heavy atom. The van der Waals surface area contributed by atoms with Gasteiger partial charge in [0.15, 0.2) is 0 Å². The molecule has 1 aliphatic rings. The Morgan fingerprint density at radius 2 is 2.29 bits per heavy atom. The maximum atomic E-state index is 9.95. The fourth-order valence-corrected chi connectivity index (χ4v) is 0.220. The van der Waals surface area contributed by atoms with Gasteiger partial charge in [0.1, 0.15) is 6.21 Å². The lowest BCUT2D eigenvalue weighted by Gasteiger charge is -1.74. The lowest BCUT2D eigenvalue weighted by Crippen LogP contribution is -2.07. The van der Waals surface area contributed by atoms with Crippen LogP contribution < -0.4 is 0 Å². The first kappa shape index (κ1) is 3.98. The number of Topliss-reactive ketones (excluding diaryl/α,β-unsaturated/α-hetero) is 1. The van der Waals surface area contributed by atoms with E-state index in [2.05, 4.69) is 9.99 Å². The van der Waals surface area contributed by atoms with Crippen molar-refractivity contribution in [3.63, 3.8) is 0 Å². The van der Waals surface area contributed by atoms with Gasteiger partial charge in [-0.1, -0.05) is 5.16 Å². The van der Waals surface area contributed by atoms with E-state index in [9.17, 15) is 9.59 Å². The smallest absolute Gasteiger partial charge is 0.309 e. The summed E-state index contributed by atoms with van der Waals surface area (Å²) < 4.78 is 0. The molecule has 0 saturated heterocycles. The highest BCUT2D eigenvalue weighted by Crippen LogP contribution is 1.86. The minimum atomic E-state index is -0.903. The van der Waals surface area contributed by atoms with Crippen LogP contribution in [-0.2, 0) is 14.4 Å². The highest BCUT2D eigenvalue weighted by atomic mass is 16.7. The van der Waals surface area contributed by atoms with E-state index in [1.54, 1.807) is 0 Å². The molecule has 0 aromatic rings. The summed E-state index contributed by atoms with van der Waals surface area (Å²) >= 11 is 0. The molecule has 0 aliphatic carbocycles. The fraction of sp³-hybridized carbons (Fsp3) is 0. The SMILES string of the molecule is O=C1C=NOC1=O. The van der Waals surface area contributed by atoms with Crippen molar-refractivity contribution in [2.75, 3.05) is 0 Å². The quantitative estimate of drug-likeness (QED) is 0.292. The number of rotatable bonds is 0. The summed E-state index contributed by atoms with van der Waals surface area (Å²) in [7, 11) is 0. The highest BCUT2D eigenvalue weighted by Gasteiger charge is 2.18. The third-order valence-corrected chi connectivity index (χ3v) is 0.507. The average molecular weight is 99.0 g/mol. The van der Waals surface area contributed by atoms with Crippen molar-refractivity contribution >= 4 is 18.0 Å². The summed E-state index contributed by atoms with van der Waals surface area (Å²) in [5, 5.41) is 2.92. The van der Waals surface area contributed by atoms with Gasteiger partial charge in [-0.05, 0) is 0 Å². The van der Waals surface area contributed by atoms with Crippen LogP contribution in [0.25, 0.3) is 0 Å². The lowest BCUT2D eigenvalue weighted by molar-refractivity contribution is -0.148. The maximum Gasteiger partial charge on any atom is 0.407 e. The molecular weight excluding hydrogens is 98.0 g/mol. The zero-order chi connectivity index (χ0) is 5.28. The van der Waals surface area contributed by atoms with Crippen LogP contribution in [-0.4, -0.2) is 18.0 Å². The van der Waals surface area contributed by atoms with E-state index in [0.29, 0.717) is 0 Å². The topological polar surface area (TPSA) is 55.7 Å². The second-order valence-electron chi connectivity index (χ2n) is 0.978. The normalized spacial score (nSPS) is 17.7. The second kappa shape index (κ2) is 1.14. The molecule has 1 rings (SSSR count). The minimum absolute atomic E-state index is 0.694. The Hall–Kier alpha value is -1.19. The molecule has 0 spiro atoms. The standard InChI is InChI=1S/C3HNO3/c5-2-1-4-7-3(2)6/h1H. The molecule has 0 saturated carbocycles. The summed E-state index contributed by atoms with van der Waals surface area (Å²) in [6.45, 7) is 0. The molecular formula is C3HNO3. The monoisotopic (exact) mass is 99.0 g/mol. The third kappa shape index (κ3) is 0.489. The molecule has 0 unspecified atom stereocenters. The predicted octanol–water partition coefficient (Wildman–Crippen LogP) is -0.902. The van der Waals surface area contributed by atoms with E-state index in [-0.39, 0.29) is 0 Å². The number of carbonyl (C=O) groups excluding carboxylic acids is 2. The molecule has 36 valence electrons. The zero-order valence-electron chi connectivity index (χ0n) is 3.25. The van der Waals surface area contributed by atoms with Gasteiger partial charge in [-0.2, -0.15) is 0 Å². The van der Waals surface area contributed by atoms with Crippen molar-refractivity contribution in [2.45, 2.75) is 0 Å². The predicted molar refractivity (Wildman–Crippen MR) is 19.6 cm³/mol. The van der Waals surface area contributed by atoms with Crippen molar-refractivity contribution in [1.82, 2.24) is 0 Å². The molecule has 4 heteroatoms. The molecule has 0 atom stereocenters. The van der Waals surface area contributed by atoms with Crippen LogP contribution >= 0.6 is 0 Å². The number of nitrogens with zero attached hydrogens (tertiary/aromatic N) is 1. The van der Waals surface area contributed by atoms with Crippen molar-refractivity contribution in [2.24, 2.45) is 5.16 Å². The van der Waals surface area contributed by atoms with Crippen LogP contribution in [0, 0.1) is 0 Å². The van der Waals surface area contributed by atoms with Crippen LogP contribution in [0.3, 0.4) is 0 Å². The Labute approximate surface area is 38.7 Å². The van der Waals surface area contributed by atoms with Gasteiger partial charge in [0.2, 0.25) is 0 Å². The van der Waals surface area contributed by atoms with Crippen LogP contribution in [0.4, 0.5) is 0 Å².